The molecule has 0 aromatic heterocycles. The maximum Gasteiger partial charge on any atom is 0.130 e. The van der Waals surface area contributed by atoms with Crippen LogP contribution in [0.5, 0.6) is 0 Å². The second kappa shape index (κ2) is 3.92. The third-order valence-electron chi connectivity index (χ3n) is 1.66. The van der Waals surface area contributed by atoms with E-state index in [4.69, 9.17) is 5.11 Å². The number of rotatable bonds is 2. The van der Waals surface area contributed by atoms with E-state index in [1.54, 1.807) is 19.1 Å². The van der Waals surface area contributed by atoms with Crippen molar-refractivity contribution in [3.05, 3.63) is 29.6 Å². The van der Waals surface area contributed by atoms with Crippen LogP contribution in [0.1, 0.15) is 18.6 Å². The number of aliphatic hydroxyl groups excluding tert-OH is 1. The van der Waals surface area contributed by atoms with Gasteiger partial charge in [0.05, 0.1) is 6.10 Å². The lowest BCUT2D eigenvalue weighted by atomic mass is 10.1. The molecule has 1 aromatic carbocycles. The summed E-state index contributed by atoms with van der Waals surface area (Å²) >= 11 is 1.48. The van der Waals surface area contributed by atoms with Crippen LogP contribution >= 0.6 is 11.8 Å². The first kappa shape index (κ1) is 9.55. The Bertz CT molecular complexity index is 273. The van der Waals surface area contributed by atoms with Crippen molar-refractivity contribution in [3.63, 3.8) is 0 Å². The van der Waals surface area contributed by atoms with Gasteiger partial charge in [0.25, 0.3) is 0 Å². The Hall–Kier alpha value is -0.540. The molecule has 1 rings (SSSR count). The van der Waals surface area contributed by atoms with Gasteiger partial charge >= 0.3 is 0 Å². The van der Waals surface area contributed by atoms with Gasteiger partial charge in [-0.05, 0) is 25.3 Å². The minimum absolute atomic E-state index is 0.336. The molecule has 1 unspecified atom stereocenters. The molecule has 0 aliphatic heterocycles. The van der Waals surface area contributed by atoms with Gasteiger partial charge in [-0.1, -0.05) is 6.07 Å². The molecule has 1 nitrogen and oxygen atoms in total. The highest BCUT2D eigenvalue weighted by Crippen LogP contribution is 2.22. The van der Waals surface area contributed by atoms with Crippen LogP contribution in [-0.2, 0) is 0 Å². The van der Waals surface area contributed by atoms with Gasteiger partial charge in [0.15, 0.2) is 0 Å². The van der Waals surface area contributed by atoms with E-state index in [9.17, 15) is 4.39 Å². The summed E-state index contributed by atoms with van der Waals surface area (Å²) in [6, 6.07) is 4.86. The molecule has 0 aliphatic rings. The maximum absolute atomic E-state index is 13.1. The lowest BCUT2D eigenvalue weighted by molar-refractivity contribution is 0.194. The predicted octanol–water partition coefficient (Wildman–Crippen LogP) is 2.60. The predicted molar refractivity (Wildman–Crippen MR) is 48.8 cm³/mol. The van der Waals surface area contributed by atoms with Crippen LogP contribution < -0.4 is 0 Å². The van der Waals surface area contributed by atoms with E-state index in [1.165, 1.54) is 17.8 Å². The van der Waals surface area contributed by atoms with Gasteiger partial charge in [-0.15, -0.1) is 11.8 Å². The molecule has 1 atom stereocenters. The summed E-state index contributed by atoms with van der Waals surface area (Å²) in [4.78, 5) is 0.872. The molecule has 1 aromatic rings. The number of hydrogen-bond donors (Lipinski definition) is 1. The standard InChI is InChI=1S/C9H11FOS/c1-6(11)8-4-3-7(12-2)5-9(8)10/h3-6,11H,1-2H3. The first-order valence-corrected chi connectivity index (χ1v) is 4.89. The van der Waals surface area contributed by atoms with Gasteiger partial charge in [-0.3, -0.25) is 0 Å². The van der Waals surface area contributed by atoms with Gasteiger partial charge < -0.3 is 5.11 Å². The molecule has 0 aliphatic carbocycles. The highest BCUT2D eigenvalue weighted by Gasteiger charge is 2.07. The van der Waals surface area contributed by atoms with Gasteiger partial charge in [-0.25, -0.2) is 4.39 Å². The van der Waals surface area contributed by atoms with Gasteiger partial charge in [0.2, 0.25) is 0 Å². The normalized spacial score (nSPS) is 13.0. The lowest BCUT2D eigenvalue weighted by Gasteiger charge is -2.06. The molecule has 0 heterocycles. The van der Waals surface area contributed by atoms with Gasteiger partial charge in [-0.2, -0.15) is 0 Å². The Labute approximate surface area is 75.6 Å². The molecule has 0 fully saturated rings. The van der Waals surface area contributed by atoms with E-state index in [-0.39, 0.29) is 5.82 Å². The number of halogens is 1. The number of benzene rings is 1. The largest absolute Gasteiger partial charge is 0.389 e. The molecule has 1 N–H and O–H groups in total. The third-order valence-corrected chi connectivity index (χ3v) is 2.38. The zero-order valence-electron chi connectivity index (χ0n) is 7.04. The van der Waals surface area contributed by atoms with E-state index >= 15 is 0 Å². The molecular weight excluding hydrogens is 175 g/mol. The molecule has 0 radical (unpaired) electrons. The highest BCUT2D eigenvalue weighted by atomic mass is 32.2. The van der Waals surface area contributed by atoms with Crippen LogP contribution in [-0.4, -0.2) is 11.4 Å². The Kier molecular flexibility index (Phi) is 3.12. The number of hydrogen-bond acceptors (Lipinski definition) is 2. The minimum atomic E-state index is -0.735. The summed E-state index contributed by atoms with van der Waals surface area (Å²) in [5, 5.41) is 9.12. The second-order valence-corrected chi connectivity index (χ2v) is 3.44. The monoisotopic (exact) mass is 186 g/mol. The van der Waals surface area contributed by atoms with Crippen molar-refractivity contribution in [1.29, 1.82) is 0 Å². The fraction of sp³-hybridized carbons (Fsp3) is 0.333. The Morgan fingerprint density at radius 1 is 1.50 bits per heavy atom. The molecule has 0 saturated carbocycles. The fourth-order valence-electron chi connectivity index (χ4n) is 0.974. The lowest BCUT2D eigenvalue weighted by Crippen LogP contribution is -1.95. The summed E-state index contributed by atoms with van der Waals surface area (Å²) < 4.78 is 13.1. The highest BCUT2D eigenvalue weighted by molar-refractivity contribution is 7.98. The molecule has 12 heavy (non-hydrogen) atoms. The number of thioether (sulfide) groups is 1. The van der Waals surface area contributed by atoms with Crippen molar-refractivity contribution in [1.82, 2.24) is 0 Å². The van der Waals surface area contributed by atoms with E-state index in [0.29, 0.717) is 5.56 Å². The smallest absolute Gasteiger partial charge is 0.130 e. The van der Waals surface area contributed by atoms with Crippen molar-refractivity contribution >= 4 is 11.8 Å². The van der Waals surface area contributed by atoms with Gasteiger partial charge in [0, 0.05) is 10.5 Å². The summed E-state index contributed by atoms with van der Waals surface area (Å²) in [5.41, 5.74) is 0.354. The van der Waals surface area contributed by atoms with E-state index < -0.39 is 6.10 Å². The van der Waals surface area contributed by atoms with Crippen LogP contribution in [0.4, 0.5) is 4.39 Å². The van der Waals surface area contributed by atoms with Crippen LogP contribution in [0.3, 0.4) is 0 Å². The fourth-order valence-corrected chi connectivity index (χ4v) is 1.40. The van der Waals surface area contributed by atoms with Gasteiger partial charge in [0.1, 0.15) is 5.82 Å². The first-order valence-electron chi connectivity index (χ1n) is 3.66. The molecule has 66 valence electrons. The Balaban J connectivity index is 3.03. The van der Waals surface area contributed by atoms with Crippen molar-refractivity contribution in [2.75, 3.05) is 6.26 Å². The summed E-state index contributed by atoms with van der Waals surface area (Å²) in [7, 11) is 0. The molecule has 3 heteroatoms. The van der Waals surface area contributed by atoms with Crippen LogP contribution in [0.15, 0.2) is 23.1 Å². The van der Waals surface area contributed by atoms with Crippen LogP contribution in [0.25, 0.3) is 0 Å². The average molecular weight is 186 g/mol. The van der Waals surface area contributed by atoms with E-state index in [0.717, 1.165) is 4.90 Å². The topological polar surface area (TPSA) is 20.2 Å². The van der Waals surface area contributed by atoms with Crippen molar-refractivity contribution < 1.29 is 9.50 Å². The van der Waals surface area contributed by atoms with Crippen LogP contribution in [0.2, 0.25) is 0 Å². The van der Waals surface area contributed by atoms with Crippen molar-refractivity contribution in [2.45, 2.75) is 17.9 Å². The van der Waals surface area contributed by atoms with E-state index in [1.807, 2.05) is 6.26 Å². The molecule has 0 bridgehead atoms. The third kappa shape index (κ3) is 1.99. The van der Waals surface area contributed by atoms with Crippen molar-refractivity contribution in [3.8, 4) is 0 Å². The quantitative estimate of drug-likeness (QED) is 0.716. The van der Waals surface area contributed by atoms with Crippen LogP contribution in [0, 0.1) is 5.82 Å². The molecule has 0 saturated heterocycles. The minimum Gasteiger partial charge on any atom is -0.389 e. The summed E-state index contributed by atoms with van der Waals surface area (Å²) in [6.07, 6.45) is 1.15. The Morgan fingerprint density at radius 3 is 2.58 bits per heavy atom. The zero-order chi connectivity index (χ0) is 9.14. The van der Waals surface area contributed by atoms with E-state index in [2.05, 4.69) is 0 Å². The molecular formula is C9H11FOS. The first-order chi connectivity index (χ1) is 5.65. The van der Waals surface area contributed by atoms with Crippen molar-refractivity contribution in [2.24, 2.45) is 0 Å². The maximum atomic E-state index is 13.1. The SMILES string of the molecule is CSc1ccc(C(C)O)c(F)c1. The number of aliphatic hydroxyl groups is 1. The molecule has 0 spiro atoms. The Morgan fingerprint density at radius 2 is 2.17 bits per heavy atom. The zero-order valence-corrected chi connectivity index (χ0v) is 7.86. The molecule has 0 amide bonds. The second-order valence-electron chi connectivity index (χ2n) is 2.56. The average Bonchev–Trinajstić information content (AvgIpc) is 2.03. The summed E-state index contributed by atoms with van der Waals surface area (Å²) in [6.45, 7) is 1.55. The summed E-state index contributed by atoms with van der Waals surface area (Å²) in [5.74, 6) is -0.336.